The fourth-order valence-corrected chi connectivity index (χ4v) is 2.36. The summed E-state index contributed by atoms with van der Waals surface area (Å²) < 4.78 is 5.86. The van der Waals surface area contributed by atoms with Crippen molar-refractivity contribution in [3.05, 3.63) is 30.3 Å². The molecule has 1 aromatic carbocycles. The minimum Gasteiger partial charge on any atom is -0.490 e. The van der Waals surface area contributed by atoms with Crippen LogP contribution in [0.3, 0.4) is 0 Å². The Morgan fingerprint density at radius 3 is 2.67 bits per heavy atom. The van der Waals surface area contributed by atoms with Crippen molar-refractivity contribution in [1.82, 2.24) is 5.09 Å². The summed E-state index contributed by atoms with van der Waals surface area (Å²) in [7, 11) is 0. The van der Waals surface area contributed by atoms with Gasteiger partial charge >= 0.3 is 0 Å². The maximum absolute atomic E-state index is 9.24. The van der Waals surface area contributed by atoms with Crippen molar-refractivity contribution in [2.75, 3.05) is 6.54 Å². The SMILES string of the molecule is CCC(CCCNP(N)(O)=S)Oc1ccccc1. The average Bonchev–Trinajstić information content (AvgIpc) is 2.33. The molecule has 0 amide bonds. The van der Waals surface area contributed by atoms with E-state index in [-0.39, 0.29) is 6.10 Å². The Morgan fingerprint density at radius 1 is 1.44 bits per heavy atom. The minimum absolute atomic E-state index is 0.184. The third-order valence-electron chi connectivity index (χ3n) is 2.54. The zero-order chi connectivity index (χ0) is 13.4. The van der Waals surface area contributed by atoms with Gasteiger partial charge in [0.1, 0.15) is 5.75 Å². The van der Waals surface area contributed by atoms with Crippen molar-refractivity contribution in [2.45, 2.75) is 32.3 Å². The Labute approximate surface area is 114 Å². The van der Waals surface area contributed by atoms with Gasteiger partial charge in [0, 0.05) is 6.54 Å². The molecule has 2 atom stereocenters. The summed E-state index contributed by atoms with van der Waals surface area (Å²) in [4.78, 5) is 9.24. The highest BCUT2D eigenvalue weighted by Gasteiger charge is 2.09. The summed E-state index contributed by atoms with van der Waals surface area (Å²) in [5.41, 5.74) is 5.35. The van der Waals surface area contributed by atoms with E-state index < -0.39 is 6.57 Å². The smallest absolute Gasteiger partial charge is 0.192 e. The number of benzene rings is 1. The second-order valence-corrected chi connectivity index (χ2v) is 7.37. The first kappa shape index (κ1) is 15.6. The van der Waals surface area contributed by atoms with Crippen LogP contribution in [0.15, 0.2) is 30.3 Å². The fraction of sp³-hybridized carbons (Fsp3) is 0.500. The van der Waals surface area contributed by atoms with E-state index in [1.165, 1.54) is 0 Å². The van der Waals surface area contributed by atoms with Crippen LogP contribution in [0.1, 0.15) is 26.2 Å². The molecule has 0 bridgehead atoms. The Balaban J connectivity index is 2.28. The summed E-state index contributed by atoms with van der Waals surface area (Å²) in [6.07, 6.45) is 2.92. The van der Waals surface area contributed by atoms with Gasteiger partial charge in [0.2, 0.25) is 0 Å². The van der Waals surface area contributed by atoms with Gasteiger partial charge in [-0.1, -0.05) is 25.1 Å². The van der Waals surface area contributed by atoms with Gasteiger partial charge in [-0.3, -0.25) is 10.6 Å². The predicted octanol–water partition coefficient (Wildman–Crippen LogP) is 2.39. The lowest BCUT2D eigenvalue weighted by molar-refractivity contribution is 0.184. The van der Waals surface area contributed by atoms with Crippen LogP contribution in [0.4, 0.5) is 0 Å². The van der Waals surface area contributed by atoms with Crippen LogP contribution in [0, 0.1) is 0 Å². The van der Waals surface area contributed by atoms with Crippen molar-refractivity contribution in [2.24, 2.45) is 5.50 Å². The minimum atomic E-state index is -2.76. The summed E-state index contributed by atoms with van der Waals surface area (Å²) >= 11 is 4.70. The van der Waals surface area contributed by atoms with Crippen molar-refractivity contribution in [3.63, 3.8) is 0 Å². The van der Waals surface area contributed by atoms with Gasteiger partial charge in [-0.15, -0.1) is 0 Å². The molecular weight excluding hydrogens is 267 g/mol. The highest BCUT2D eigenvalue weighted by atomic mass is 32.4. The van der Waals surface area contributed by atoms with Gasteiger partial charge in [0.25, 0.3) is 0 Å². The molecule has 2 unspecified atom stereocenters. The molecule has 0 aromatic heterocycles. The maximum atomic E-state index is 9.24. The molecule has 0 fully saturated rings. The highest BCUT2D eigenvalue weighted by Crippen LogP contribution is 2.23. The lowest BCUT2D eigenvalue weighted by Gasteiger charge is -2.18. The number of hydrogen-bond acceptors (Lipinski definition) is 2. The van der Waals surface area contributed by atoms with Crippen LogP contribution in [0.2, 0.25) is 0 Å². The number of rotatable bonds is 8. The quantitative estimate of drug-likeness (QED) is 0.506. The Bertz CT molecular complexity index is 383. The van der Waals surface area contributed by atoms with Crippen LogP contribution in [-0.2, 0) is 11.8 Å². The van der Waals surface area contributed by atoms with E-state index in [2.05, 4.69) is 12.0 Å². The molecule has 102 valence electrons. The van der Waals surface area contributed by atoms with E-state index in [4.69, 9.17) is 22.0 Å². The predicted molar refractivity (Wildman–Crippen MR) is 79.1 cm³/mol. The van der Waals surface area contributed by atoms with Crippen LogP contribution in [0.25, 0.3) is 0 Å². The molecule has 0 aliphatic heterocycles. The molecule has 4 N–H and O–H groups in total. The van der Waals surface area contributed by atoms with Crippen LogP contribution in [-0.4, -0.2) is 17.5 Å². The summed E-state index contributed by atoms with van der Waals surface area (Å²) in [5, 5.41) is 2.77. The topological polar surface area (TPSA) is 67.5 Å². The van der Waals surface area contributed by atoms with E-state index in [9.17, 15) is 4.89 Å². The zero-order valence-corrected chi connectivity index (χ0v) is 12.3. The molecule has 0 heterocycles. The Hall–Kier alpha value is -0.450. The van der Waals surface area contributed by atoms with Crippen LogP contribution < -0.4 is 15.3 Å². The lowest BCUT2D eigenvalue weighted by Crippen LogP contribution is -2.20. The first-order valence-corrected chi connectivity index (χ1v) is 8.92. The molecule has 4 nitrogen and oxygen atoms in total. The van der Waals surface area contributed by atoms with Gasteiger partial charge < -0.3 is 9.63 Å². The van der Waals surface area contributed by atoms with Gasteiger partial charge in [-0.2, -0.15) is 0 Å². The van der Waals surface area contributed by atoms with Crippen molar-refractivity contribution in [1.29, 1.82) is 0 Å². The first-order valence-electron chi connectivity index (χ1n) is 6.09. The Morgan fingerprint density at radius 2 is 2.11 bits per heavy atom. The standard InChI is InChI=1S/C12H21N2O2PS/c1-2-11(9-6-10-14-17(13,15)18)16-12-7-4-3-5-8-12/h3-5,7-8,11H,2,6,9-10H2,1H3,(H4,13,14,15,18). The summed E-state index contributed by atoms with van der Waals surface area (Å²) in [6, 6.07) is 9.79. The number of hydrogen-bond donors (Lipinski definition) is 3. The zero-order valence-electron chi connectivity index (χ0n) is 10.6. The average molecular weight is 288 g/mol. The molecule has 18 heavy (non-hydrogen) atoms. The van der Waals surface area contributed by atoms with E-state index >= 15 is 0 Å². The summed E-state index contributed by atoms with van der Waals surface area (Å²) in [6.45, 7) is -0.0365. The molecule has 0 saturated carbocycles. The normalized spacial score (nSPS) is 15.9. The van der Waals surface area contributed by atoms with E-state index in [0.717, 1.165) is 25.0 Å². The largest absolute Gasteiger partial charge is 0.490 e. The molecule has 6 heteroatoms. The van der Waals surface area contributed by atoms with Gasteiger partial charge in [0.15, 0.2) is 6.57 Å². The second-order valence-electron chi connectivity index (χ2n) is 4.13. The summed E-state index contributed by atoms with van der Waals surface area (Å²) in [5.74, 6) is 0.892. The van der Waals surface area contributed by atoms with Gasteiger partial charge in [0.05, 0.1) is 6.10 Å². The number of nitrogens with one attached hydrogen (secondary N) is 1. The third kappa shape index (κ3) is 7.09. The van der Waals surface area contributed by atoms with E-state index in [1.807, 2.05) is 30.3 Å². The first-order chi connectivity index (χ1) is 8.51. The molecule has 0 radical (unpaired) electrons. The van der Waals surface area contributed by atoms with Gasteiger partial charge in [-0.05, 0) is 43.2 Å². The Kier molecular flexibility index (Phi) is 6.82. The van der Waals surface area contributed by atoms with Crippen molar-refractivity contribution >= 4 is 18.4 Å². The molecular formula is C12H21N2O2PS. The fourth-order valence-electron chi connectivity index (χ4n) is 1.61. The van der Waals surface area contributed by atoms with Crippen molar-refractivity contribution < 1.29 is 9.63 Å². The van der Waals surface area contributed by atoms with Crippen molar-refractivity contribution in [3.8, 4) is 5.75 Å². The monoisotopic (exact) mass is 288 g/mol. The number of ether oxygens (including phenoxy) is 1. The molecule has 0 spiro atoms. The van der Waals surface area contributed by atoms with Crippen LogP contribution in [0.5, 0.6) is 5.75 Å². The van der Waals surface area contributed by atoms with Gasteiger partial charge in [-0.25, -0.2) is 0 Å². The lowest BCUT2D eigenvalue weighted by atomic mass is 10.1. The number of para-hydroxylation sites is 1. The molecule has 0 aliphatic carbocycles. The third-order valence-corrected chi connectivity index (χ3v) is 3.61. The molecule has 1 aromatic rings. The second kappa shape index (κ2) is 7.87. The highest BCUT2D eigenvalue weighted by molar-refractivity contribution is 8.09. The van der Waals surface area contributed by atoms with Crippen LogP contribution >= 0.6 is 6.57 Å². The van der Waals surface area contributed by atoms with E-state index in [1.54, 1.807) is 0 Å². The maximum Gasteiger partial charge on any atom is 0.192 e. The number of nitrogens with two attached hydrogens (primary N) is 1. The molecule has 1 rings (SSSR count). The van der Waals surface area contributed by atoms with E-state index in [0.29, 0.717) is 6.54 Å². The molecule has 0 aliphatic rings. The molecule has 0 saturated heterocycles.